The fourth-order valence-electron chi connectivity index (χ4n) is 2.60. The van der Waals surface area contributed by atoms with Crippen molar-refractivity contribution in [2.45, 2.75) is 40.5 Å². The van der Waals surface area contributed by atoms with Gasteiger partial charge in [0.15, 0.2) is 5.96 Å². The van der Waals surface area contributed by atoms with Crippen LogP contribution in [0.15, 0.2) is 29.3 Å². The number of hydrogen-bond acceptors (Lipinski definition) is 3. The van der Waals surface area contributed by atoms with Crippen LogP contribution < -0.4 is 15.4 Å². The monoisotopic (exact) mass is 493 g/mol. The number of ether oxygens (including phenoxy) is 1. The van der Waals surface area contributed by atoms with Crippen LogP contribution in [0.5, 0.6) is 5.75 Å². The molecule has 0 amide bonds. The third kappa shape index (κ3) is 6.64. The Labute approximate surface area is 175 Å². The van der Waals surface area contributed by atoms with Crippen LogP contribution in [0.1, 0.15) is 29.4 Å². The van der Waals surface area contributed by atoms with Gasteiger partial charge in [-0.15, -0.1) is 24.0 Å². The summed E-state index contributed by atoms with van der Waals surface area (Å²) in [6.45, 7) is 4.57. The van der Waals surface area contributed by atoms with Gasteiger partial charge in [0.1, 0.15) is 5.75 Å². The van der Waals surface area contributed by atoms with Crippen LogP contribution in [-0.4, -0.2) is 28.9 Å². The Morgan fingerprint density at radius 2 is 1.96 bits per heavy atom. The predicted molar refractivity (Wildman–Crippen MR) is 113 cm³/mol. The number of halogens is 3. The average molecular weight is 493 g/mol. The molecule has 0 spiro atoms. The summed E-state index contributed by atoms with van der Waals surface area (Å²) in [6.07, 6.45) is 0. The van der Waals surface area contributed by atoms with Crippen molar-refractivity contribution in [1.82, 2.24) is 20.4 Å². The van der Waals surface area contributed by atoms with Gasteiger partial charge in [-0.05, 0) is 26.8 Å². The average Bonchev–Trinajstić information content (AvgIpc) is 2.83. The molecule has 0 saturated carbocycles. The van der Waals surface area contributed by atoms with Gasteiger partial charge in [0.25, 0.3) is 0 Å². The molecule has 0 radical (unpaired) electrons. The molecule has 0 unspecified atom stereocenters. The SMILES string of the molecule is CCNC(=NCc1ccccc1OC(F)F)NCc1c(C)nn(C)c1C.I. The molecule has 9 heteroatoms. The van der Waals surface area contributed by atoms with E-state index in [2.05, 4.69) is 25.5 Å². The number of aliphatic imine (C=N–C) groups is 1. The van der Waals surface area contributed by atoms with Crippen molar-refractivity contribution in [3.05, 3.63) is 46.8 Å². The summed E-state index contributed by atoms with van der Waals surface area (Å²) in [5, 5.41) is 10.8. The fourth-order valence-corrected chi connectivity index (χ4v) is 2.60. The Hall–Kier alpha value is -1.91. The van der Waals surface area contributed by atoms with E-state index in [-0.39, 0.29) is 36.3 Å². The number of hydrogen-bond donors (Lipinski definition) is 2. The molecule has 0 aliphatic heterocycles. The predicted octanol–water partition coefficient (Wildman–Crippen LogP) is 3.51. The van der Waals surface area contributed by atoms with Crippen molar-refractivity contribution < 1.29 is 13.5 Å². The third-order valence-corrected chi connectivity index (χ3v) is 4.03. The molecule has 0 atom stereocenters. The number of nitrogens with zero attached hydrogens (tertiary/aromatic N) is 3. The summed E-state index contributed by atoms with van der Waals surface area (Å²) in [5.41, 5.74) is 3.75. The summed E-state index contributed by atoms with van der Waals surface area (Å²) >= 11 is 0. The standard InChI is InChI=1S/C18H25F2N5O.HI/c1-5-21-18(23-11-15-12(2)24-25(4)13(15)3)22-10-14-8-6-7-9-16(14)26-17(19)20;/h6-9,17H,5,10-11H2,1-4H3,(H2,21,22,23);1H. The van der Waals surface area contributed by atoms with E-state index in [1.807, 2.05) is 32.5 Å². The second-order valence-corrected chi connectivity index (χ2v) is 5.81. The summed E-state index contributed by atoms with van der Waals surface area (Å²) in [5.74, 6) is 0.739. The van der Waals surface area contributed by atoms with Crippen LogP contribution in [0.25, 0.3) is 0 Å². The minimum atomic E-state index is -2.86. The maximum atomic E-state index is 12.5. The lowest BCUT2D eigenvalue weighted by molar-refractivity contribution is -0.0504. The highest BCUT2D eigenvalue weighted by Crippen LogP contribution is 2.21. The summed E-state index contributed by atoms with van der Waals surface area (Å²) in [4.78, 5) is 4.48. The highest BCUT2D eigenvalue weighted by atomic mass is 127. The third-order valence-electron chi connectivity index (χ3n) is 4.03. The van der Waals surface area contributed by atoms with Gasteiger partial charge < -0.3 is 15.4 Å². The second-order valence-electron chi connectivity index (χ2n) is 5.81. The number of rotatable bonds is 7. The normalized spacial score (nSPS) is 11.3. The van der Waals surface area contributed by atoms with Crippen LogP contribution in [0.3, 0.4) is 0 Å². The first-order chi connectivity index (χ1) is 12.4. The zero-order valence-electron chi connectivity index (χ0n) is 15.9. The second kappa shape index (κ2) is 11.1. The Morgan fingerprint density at radius 3 is 2.56 bits per heavy atom. The van der Waals surface area contributed by atoms with E-state index in [4.69, 9.17) is 0 Å². The van der Waals surface area contributed by atoms with Crippen molar-refractivity contribution in [1.29, 1.82) is 0 Å². The van der Waals surface area contributed by atoms with Crippen molar-refractivity contribution in [3.63, 3.8) is 0 Å². The molecule has 0 aliphatic carbocycles. The zero-order valence-corrected chi connectivity index (χ0v) is 18.3. The van der Waals surface area contributed by atoms with Gasteiger partial charge in [0.05, 0.1) is 12.2 Å². The van der Waals surface area contributed by atoms with E-state index in [0.29, 0.717) is 24.6 Å². The minimum Gasteiger partial charge on any atom is -0.434 e. The fraction of sp³-hybridized carbons (Fsp3) is 0.444. The number of aryl methyl sites for hydroxylation is 2. The number of aromatic nitrogens is 2. The highest BCUT2D eigenvalue weighted by molar-refractivity contribution is 14.0. The molecule has 27 heavy (non-hydrogen) atoms. The van der Waals surface area contributed by atoms with Gasteiger partial charge in [-0.3, -0.25) is 4.68 Å². The van der Waals surface area contributed by atoms with E-state index < -0.39 is 6.61 Å². The molecule has 2 N–H and O–H groups in total. The number of nitrogens with one attached hydrogen (secondary N) is 2. The van der Waals surface area contributed by atoms with Crippen LogP contribution >= 0.6 is 24.0 Å². The van der Waals surface area contributed by atoms with Crippen molar-refractivity contribution in [3.8, 4) is 5.75 Å². The van der Waals surface area contributed by atoms with Crippen molar-refractivity contribution in [2.24, 2.45) is 12.0 Å². The first-order valence-electron chi connectivity index (χ1n) is 8.46. The number of guanidine groups is 1. The summed E-state index contributed by atoms with van der Waals surface area (Å²) in [7, 11) is 1.91. The van der Waals surface area contributed by atoms with Gasteiger partial charge >= 0.3 is 6.61 Å². The first-order valence-corrected chi connectivity index (χ1v) is 8.46. The van der Waals surface area contributed by atoms with Gasteiger partial charge in [-0.1, -0.05) is 18.2 Å². The van der Waals surface area contributed by atoms with Gasteiger partial charge in [-0.2, -0.15) is 13.9 Å². The molecule has 6 nitrogen and oxygen atoms in total. The molecule has 1 aromatic carbocycles. The van der Waals surface area contributed by atoms with Crippen LogP contribution in [0, 0.1) is 13.8 Å². The van der Waals surface area contributed by atoms with Crippen LogP contribution in [0.4, 0.5) is 8.78 Å². The first kappa shape index (κ1) is 23.1. The Kier molecular flexibility index (Phi) is 9.47. The van der Waals surface area contributed by atoms with Gasteiger partial charge in [0.2, 0.25) is 0 Å². The van der Waals surface area contributed by atoms with Crippen LogP contribution in [-0.2, 0) is 20.1 Å². The van der Waals surface area contributed by atoms with E-state index in [9.17, 15) is 8.78 Å². The van der Waals surface area contributed by atoms with Crippen LogP contribution in [0.2, 0.25) is 0 Å². The summed E-state index contributed by atoms with van der Waals surface area (Å²) in [6, 6.07) is 6.66. The number of alkyl halides is 2. The minimum absolute atomic E-state index is 0. The molecular formula is C18H26F2IN5O. The topological polar surface area (TPSA) is 63.5 Å². The van der Waals surface area contributed by atoms with Crippen molar-refractivity contribution in [2.75, 3.05) is 6.54 Å². The number of benzene rings is 1. The lowest BCUT2D eigenvalue weighted by Crippen LogP contribution is -2.37. The van der Waals surface area contributed by atoms with Crippen molar-refractivity contribution >= 4 is 29.9 Å². The molecule has 150 valence electrons. The molecule has 0 bridgehead atoms. The Bertz CT molecular complexity index is 764. The molecular weight excluding hydrogens is 467 g/mol. The Balaban J connectivity index is 0.00000364. The van der Waals surface area contributed by atoms with Gasteiger partial charge in [-0.25, -0.2) is 4.99 Å². The quantitative estimate of drug-likeness (QED) is 0.352. The van der Waals surface area contributed by atoms with E-state index >= 15 is 0 Å². The van der Waals surface area contributed by atoms with E-state index in [1.165, 1.54) is 6.07 Å². The maximum absolute atomic E-state index is 12.5. The lowest BCUT2D eigenvalue weighted by Gasteiger charge is -2.13. The molecule has 0 fully saturated rings. The molecule has 1 heterocycles. The highest BCUT2D eigenvalue weighted by Gasteiger charge is 2.11. The molecule has 2 rings (SSSR count). The number of para-hydroxylation sites is 1. The largest absolute Gasteiger partial charge is 0.434 e. The van der Waals surface area contributed by atoms with Gasteiger partial charge in [0, 0.05) is 37.0 Å². The lowest BCUT2D eigenvalue weighted by atomic mass is 10.2. The summed E-state index contributed by atoms with van der Waals surface area (Å²) < 4.78 is 31.4. The smallest absolute Gasteiger partial charge is 0.387 e. The van der Waals surface area contributed by atoms with E-state index in [0.717, 1.165) is 17.0 Å². The zero-order chi connectivity index (χ0) is 19.1. The van der Waals surface area contributed by atoms with E-state index in [1.54, 1.807) is 18.2 Å². The maximum Gasteiger partial charge on any atom is 0.387 e. The Morgan fingerprint density at radius 1 is 1.26 bits per heavy atom. The molecule has 0 aliphatic rings. The molecule has 2 aromatic rings. The molecule has 1 aromatic heterocycles. The molecule has 0 saturated heterocycles.